The fourth-order valence-electron chi connectivity index (χ4n) is 3.33. The topological polar surface area (TPSA) is 32.3 Å². The summed E-state index contributed by atoms with van der Waals surface area (Å²) in [5.74, 6) is 1.07. The molecule has 3 atom stereocenters. The molecular formula is C16H25NO. The van der Waals surface area contributed by atoms with E-state index < -0.39 is 0 Å². The Hall–Kier alpha value is -1.02. The van der Waals surface area contributed by atoms with Crippen LogP contribution in [0.4, 0.5) is 0 Å². The SMILES string of the molecule is CC(NC1CC(C)(C)CC1C)c1cccc(O)c1. The van der Waals surface area contributed by atoms with E-state index in [-0.39, 0.29) is 0 Å². The van der Waals surface area contributed by atoms with E-state index in [9.17, 15) is 5.11 Å². The standard InChI is InChI=1S/C16H25NO/c1-11-9-16(3,4)10-15(11)17-12(2)13-6-5-7-14(18)8-13/h5-8,11-12,15,17-18H,9-10H2,1-4H3. The highest BCUT2D eigenvalue weighted by atomic mass is 16.3. The van der Waals surface area contributed by atoms with E-state index in [1.807, 2.05) is 12.1 Å². The first-order valence-electron chi connectivity index (χ1n) is 6.92. The van der Waals surface area contributed by atoms with Gasteiger partial charge < -0.3 is 10.4 Å². The molecule has 0 heterocycles. The van der Waals surface area contributed by atoms with E-state index in [1.54, 1.807) is 6.07 Å². The second kappa shape index (κ2) is 4.93. The molecule has 1 saturated carbocycles. The molecule has 0 amide bonds. The van der Waals surface area contributed by atoms with Crippen LogP contribution in [0.3, 0.4) is 0 Å². The van der Waals surface area contributed by atoms with E-state index in [1.165, 1.54) is 12.8 Å². The Balaban J connectivity index is 2.02. The van der Waals surface area contributed by atoms with Gasteiger partial charge in [0, 0.05) is 12.1 Å². The van der Waals surface area contributed by atoms with Gasteiger partial charge in [-0.1, -0.05) is 32.9 Å². The van der Waals surface area contributed by atoms with Crippen LogP contribution in [-0.4, -0.2) is 11.1 Å². The summed E-state index contributed by atoms with van der Waals surface area (Å²) < 4.78 is 0. The maximum Gasteiger partial charge on any atom is 0.115 e. The Morgan fingerprint density at radius 1 is 1.33 bits per heavy atom. The molecule has 2 nitrogen and oxygen atoms in total. The number of phenolic OH excluding ortho intramolecular Hbond substituents is 1. The van der Waals surface area contributed by atoms with Gasteiger partial charge in [0.05, 0.1) is 0 Å². The van der Waals surface area contributed by atoms with Crippen molar-refractivity contribution in [3.63, 3.8) is 0 Å². The maximum absolute atomic E-state index is 9.53. The highest BCUT2D eigenvalue weighted by molar-refractivity contribution is 5.29. The van der Waals surface area contributed by atoms with Gasteiger partial charge in [-0.2, -0.15) is 0 Å². The minimum absolute atomic E-state index is 0.290. The van der Waals surface area contributed by atoms with Gasteiger partial charge in [0.25, 0.3) is 0 Å². The van der Waals surface area contributed by atoms with Crippen molar-refractivity contribution >= 4 is 0 Å². The second-order valence-electron chi connectivity index (χ2n) is 6.64. The zero-order valence-corrected chi connectivity index (χ0v) is 11.9. The third kappa shape index (κ3) is 3.05. The number of hydrogen-bond acceptors (Lipinski definition) is 2. The Labute approximate surface area is 110 Å². The number of phenols is 1. The van der Waals surface area contributed by atoms with Crippen LogP contribution in [0.1, 0.15) is 52.1 Å². The van der Waals surface area contributed by atoms with Crippen molar-refractivity contribution in [2.75, 3.05) is 0 Å². The molecule has 2 heteroatoms. The highest BCUT2D eigenvalue weighted by Crippen LogP contribution is 2.41. The molecule has 18 heavy (non-hydrogen) atoms. The van der Waals surface area contributed by atoms with E-state index >= 15 is 0 Å². The van der Waals surface area contributed by atoms with E-state index in [2.05, 4.69) is 39.1 Å². The molecule has 0 aliphatic heterocycles. The van der Waals surface area contributed by atoms with Gasteiger partial charge in [0.2, 0.25) is 0 Å². The molecule has 100 valence electrons. The number of aromatic hydroxyl groups is 1. The average molecular weight is 247 g/mol. The molecule has 1 aliphatic rings. The first-order chi connectivity index (χ1) is 8.37. The largest absolute Gasteiger partial charge is 0.508 e. The van der Waals surface area contributed by atoms with E-state index in [0.29, 0.717) is 23.2 Å². The molecule has 1 aromatic rings. The zero-order chi connectivity index (χ0) is 13.3. The number of nitrogens with one attached hydrogen (secondary N) is 1. The van der Waals surface area contributed by atoms with Gasteiger partial charge in [-0.25, -0.2) is 0 Å². The van der Waals surface area contributed by atoms with Gasteiger partial charge >= 0.3 is 0 Å². The second-order valence-corrected chi connectivity index (χ2v) is 6.64. The summed E-state index contributed by atoms with van der Waals surface area (Å²) >= 11 is 0. The van der Waals surface area contributed by atoms with Gasteiger partial charge in [-0.3, -0.25) is 0 Å². The molecular weight excluding hydrogens is 222 g/mol. The molecule has 2 N–H and O–H groups in total. The quantitative estimate of drug-likeness (QED) is 0.850. The van der Waals surface area contributed by atoms with Crippen LogP contribution < -0.4 is 5.32 Å². The first kappa shape index (κ1) is 13.4. The van der Waals surface area contributed by atoms with Crippen LogP contribution in [0, 0.1) is 11.3 Å². The van der Waals surface area contributed by atoms with Crippen molar-refractivity contribution in [2.24, 2.45) is 11.3 Å². The van der Waals surface area contributed by atoms with Crippen molar-refractivity contribution in [1.82, 2.24) is 5.32 Å². The third-order valence-corrected chi connectivity index (χ3v) is 4.17. The summed E-state index contributed by atoms with van der Waals surface area (Å²) in [5, 5.41) is 13.2. The smallest absolute Gasteiger partial charge is 0.115 e. The highest BCUT2D eigenvalue weighted by Gasteiger charge is 2.36. The van der Waals surface area contributed by atoms with Crippen LogP contribution in [0.25, 0.3) is 0 Å². The molecule has 0 spiro atoms. The van der Waals surface area contributed by atoms with Crippen LogP contribution >= 0.6 is 0 Å². The third-order valence-electron chi connectivity index (χ3n) is 4.17. The van der Waals surface area contributed by atoms with Crippen molar-refractivity contribution in [1.29, 1.82) is 0 Å². The molecule has 3 unspecified atom stereocenters. The van der Waals surface area contributed by atoms with Crippen LogP contribution in [0.15, 0.2) is 24.3 Å². The lowest BCUT2D eigenvalue weighted by Gasteiger charge is -2.24. The lowest BCUT2D eigenvalue weighted by Crippen LogP contribution is -2.33. The van der Waals surface area contributed by atoms with Crippen LogP contribution in [0.5, 0.6) is 5.75 Å². The first-order valence-corrected chi connectivity index (χ1v) is 6.92. The summed E-state index contributed by atoms with van der Waals surface area (Å²) in [5.41, 5.74) is 1.61. The van der Waals surface area contributed by atoms with E-state index in [0.717, 1.165) is 11.5 Å². The van der Waals surface area contributed by atoms with Crippen molar-refractivity contribution in [2.45, 2.75) is 52.6 Å². The molecule has 0 bridgehead atoms. The molecule has 1 aromatic carbocycles. The summed E-state index contributed by atoms with van der Waals surface area (Å²) in [6.07, 6.45) is 2.52. The van der Waals surface area contributed by atoms with Crippen LogP contribution in [-0.2, 0) is 0 Å². The summed E-state index contributed by atoms with van der Waals surface area (Å²) in [4.78, 5) is 0. The lowest BCUT2D eigenvalue weighted by atomic mass is 9.91. The lowest BCUT2D eigenvalue weighted by molar-refractivity contribution is 0.356. The Kier molecular flexibility index (Phi) is 3.67. The summed E-state index contributed by atoms with van der Waals surface area (Å²) in [6.45, 7) is 9.21. The van der Waals surface area contributed by atoms with Gasteiger partial charge in [-0.15, -0.1) is 0 Å². The summed E-state index contributed by atoms with van der Waals surface area (Å²) in [6, 6.07) is 8.42. The molecule has 1 aliphatic carbocycles. The molecule has 0 saturated heterocycles. The minimum Gasteiger partial charge on any atom is -0.508 e. The van der Waals surface area contributed by atoms with Gasteiger partial charge in [0.15, 0.2) is 0 Å². The number of rotatable bonds is 3. The predicted molar refractivity (Wildman–Crippen MR) is 75.6 cm³/mol. The molecule has 0 aromatic heterocycles. The Morgan fingerprint density at radius 3 is 2.61 bits per heavy atom. The Morgan fingerprint density at radius 2 is 2.06 bits per heavy atom. The fourth-order valence-corrected chi connectivity index (χ4v) is 3.33. The van der Waals surface area contributed by atoms with Crippen molar-refractivity contribution < 1.29 is 5.11 Å². The van der Waals surface area contributed by atoms with Crippen LogP contribution in [0.2, 0.25) is 0 Å². The normalized spacial score (nSPS) is 28.2. The van der Waals surface area contributed by atoms with Crippen molar-refractivity contribution in [3.05, 3.63) is 29.8 Å². The Bertz CT molecular complexity index is 413. The monoisotopic (exact) mass is 247 g/mol. The fraction of sp³-hybridized carbons (Fsp3) is 0.625. The maximum atomic E-state index is 9.53. The van der Waals surface area contributed by atoms with Gasteiger partial charge in [0.1, 0.15) is 5.75 Å². The molecule has 1 fully saturated rings. The van der Waals surface area contributed by atoms with Crippen molar-refractivity contribution in [3.8, 4) is 5.75 Å². The number of benzene rings is 1. The predicted octanol–water partition coefficient (Wildman–Crippen LogP) is 3.87. The minimum atomic E-state index is 0.290. The van der Waals surface area contributed by atoms with Gasteiger partial charge in [-0.05, 0) is 48.8 Å². The molecule has 0 radical (unpaired) electrons. The summed E-state index contributed by atoms with van der Waals surface area (Å²) in [7, 11) is 0. The zero-order valence-electron chi connectivity index (χ0n) is 11.9. The molecule has 2 rings (SSSR count). The number of hydrogen-bond donors (Lipinski definition) is 2. The van der Waals surface area contributed by atoms with E-state index in [4.69, 9.17) is 0 Å². The average Bonchev–Trinajstić information content (AvgIpc) is 2.51.